The van der Waals surface area contributed by atoms with E-state index in [1.807, 2.05) is 42.5 Å². The lowest BCUT2D eigenvalue weighted by Crippen LogP contribution is -2.29. The molecule has 4 heterocycles. The van der Waals surface area contributed by atoms with E-state index in [2.05, 4.69) is 36.4 Å². The molecular weight excluding hydrogens is 372 g/mol. The number of amides is 1. The molecule has 1 saturated heterocycles. The van der Waals surface area contributed by atoms with Gasteiger partial charge in [-0.3, -0.25) is 19.0 Å². The van der Waals surface area contributed by atoms with Crippen molar-refractivity contribution in [1.82, 2.24) is 30.0 Å². The summed E-state index contributed by atoms with van der Waals surface area (Å²) in [4.78, 5) is 21.6. The van der Waals surface area contributed by atoms with Crippen molar-refractivity contribution in [1.29, 1.82) is 0 Å². The third-order valence-electron chi connectivity index (χ3n) is 5.17. The van der Waals surface area contributed by atoms with Crippen LogP contribution in [-0.2, 0) is 22.2 Å². The summed E-state index contributed by atoms with van der Waals surface area (Å²) >= 11 is 0. The zero-order chi connectivity index (χ0) is 20.9. The van der Waals surface area contributed by atoms with Crippen LogP contribution >= 0.6 is 0 Å². The van der Waals surface area contributed by atoms with Gasteiger partial charge in [-0.1, -0.05) is 0 Å². The van der Waals surface area contributed by atoms with Crippen molar-refractivity contribution in [3.63, 3.8) is 0 Å². The number of hydrogen-bond acceptors (Lipinski definition) is 6. The number of hydrogen-bond donors (Lipinski definition) is 1. The highest BCUT2D eigenvalue weighted by molar-refractivity contribution is 5.89. The fourth-order valence-electron chi connectivity index (χ4n) is 3.30. The molecule has 154 valence electrons. The summed E-state index contributed by atoms with van der Waals surface area (Å²) in [6, 6.07) is 1.95. The summed E-state index contributed by atoms with van der Waals surface area (Å²) in [6.07, 6.45) is 3.29. The molecule has 0 saturated carbocycles. The van der Waals surface area contributed by atoms with Gasteiger partial charge >= 0.3 is 0 Å². The second-order valence-electron chi connectivity index (χ2n) is 8.47. The van der Waals surface area contributed by atoms with Gasteiger partial charge in [-0.25, -0.2) is 10.5 Å². The van der Waals surface area contributed by atoms with E-state index < -0.39 is 0 Å². The van der Waals surface area contributed by atoms with E-state index in [0.29, 0.717) is 5.88 Å². The van der Waals surface area contributed by atoms with E-state index in [-0.39, 0.29) is 30.1 Å². The van der Waals surface area contributed by atoms with Gasteiger partial charge in [0.2, 0.25) is 11.8 Å². The lowest BCUT2D eigenvalue weighted by atomic mass is 10.1. The second kappa shape index (κ2) is 6.84. The summed E-state index contributed by atoms with van der Waals surface area (Å²) in [5.41, 5.74) is 5.61. The van der Waals surface area contributed by atoms with Crippen LogP contribution in [0.1, 0.15) is 39.8 Å². The standard InChI is InChI=1S/C20H26N6O3/c1-11-18-15(23-25(11)6)7-14(13-9-21-26(10-13)20(3,4)5)22-19(18)28-12(2)16-8-17(27)24-29-16/h7,9-10,12,16H,8H2,1-6H3,(H,24,27)/t12-,16+/m1/s1. The molecular formula is C20H26N6O3. The van der Waals surface area contributed by atoms with Crippen molar-refractivity contribution in [2.24, 2.45) is 7.05 Å². The molecule has 2 atom stereocenters. The Labute approximate surface area is 169 Å². The Bertz CT molecular complexity index is 1080. The maximum Gasteiger partial charge on any atom is 0.246 e. The number of ether oxygens (including phenoxy) is 1. The Kier molecular flexibility index (Phi) is 4.57. The first kappa shape index (κ1) is 19.4. The van der Waals surface area contributed by atoms with Crippen LogP contribution in [0.2, 0.25) is 0 Å². The fourth-order valence-corrected chi connectivity index (χ4v) is 3.30. The molecule has 9 heteroatoms. The molecule has 29 heavy (non-hydrogen) atoms. The van der Waals surface area contributed by atoms with Crippen LogP contribution in [0.15, 0.2) is 18.5 Å². The normalized spacial score (nSPS) is 18.3. The maximum atomic E-state index is 11.5. The van der Waals surface area contributed by atoms with Crippen molar-refractivity contribution < 1.29 is 14.4 Å². The summed E-state index contributed by atoms with van der Waals surface area (Å²) < 4.78 is 9.90. The van der Waals surface area contributed by atoms with Gasteiger partial charge < -0.3 is 4.74 Å². The van der Waals surface area contributed by atoms with Gasteiger partial charge in [0.1, 0.15) is 17.7 Å². The zero-order valence-electron chi connectivity index (χ0n) is 17.6. The van der Waals surface area contributed by atoms with Crippen LogP contribution in [0.5, 0.6) is 5.88 Å². The van der Waals surface area contributed by atoms with Gasteiger partial charge in [0.05, 0.1) is 29.2 Å². The summed E-state index contributed by atoms with van der Waals surface area (Å²) in [5, 5.41) is 9.93. The first-order valence-corrected chi connectivity index (χ1v) is 9.64. The van der Waals surface area contributed by atoms with E-state index in [0.717, 1.165) is 27.9 Å². The minimum Gasteiger partial charge on any atom is -0.471 e. The number of pyridine rings is 1. The summed E-state index contributed by atoms with van der Waals surface area (Å²) in [5.74, 6) is 0.325. The van der Waals surface area contributed by atoms with Gasteiger partial charge in [0.15, 0.2) is 0 Å². The highest BCUT2D eigenvalue weighted by Gasteiger charge is 2.31. The van der Waals surface area contributed by atoms with Crippen LogP contribution in [0.3, 0.4) is 0 Å². The minimum absolute atomic E-state index is 0.128. The molecule has 0 spiro atoms. The van der Waals surface area contributed by atoms with Crippen LogP contribution in [0.4, 0.5) is 0 Å². The second-order valence-corrected chi connectivity index (χ2v) is 8.47. The van der Waals surface area contributed by atoms with Gasteiger partial charge in [-0.2, -0.15) is 10.2 Å². The van der Waals surface area contributed by atoms with Crippen molar-refractivity contribution in [3.05, 3.63) is 24.2 Å². The molecule has 0 bridgehead atoms. The molecule has 0 radical (unpaired) electrons. The molecule has 4 rings (SSSR count). The van der Waals surface area contributed by atoms with E-state index in [1.54, 1.807) is 6.20 Å². The Morgan fingerprint density at radius 1 is 1.38 bits per heavy atom. The predicted molar refractivity (Wildman–Crippen MR) is 107 cm³/mol. The maximum absolute atomic E-state index is 11.5. The molecule has 1 N–H and O–H groups in total. The SMILES string of the molecule is Cc1c2c(O[C@H](C)[C@@H]3CC(=O)NO3)nc(-c3cnn(C(C)(C)C)c3)cc2nn1C. The van der Waals surface area contributed by atoms with Crippen LogP contribution < -0.4 is 10.2 Å². The third kappa shape index (κ3) is 3.57. The monoisotopic (exact) mass is 398 g/mol. The highest BCUT2D eigenvalue weighted by Crippen LogP contribution is 2.32. The first-order valence-electron chi connectivity index (χ1n) is 9.64. The average Bonchev–Trinajstić information content (AvgIpc) is 3.34. The molecule has 9 nitrogen and oxygen atoms in total. The largest absolute Gasteiger partial charge is 0.471 e. The molecule has 3 aromatic heterocycles. The van der Waals surface area contributed by atoms with Crippen LogP contribution in [-0.4, -0.2) is 42.7 Å². The molecule has 0 unspecified atom stereocenters. The van der Waals surface area contributed by atoms with Crippen molar-refractivity contribution in [2.75, 3.05) is 0 Å². The van der Waals surface area contributed by atoms with E-state index in [4.69, 9.17) is 14.6 Å². The summed E-state index contributed by atoms with van der Waals surface area (Å²) in [7, 11) is 1.89. The molecule has 0 aromatic carbocycles. The molecule has 1 aliphatic heterocycles. The molecule has 0 aliphatic carbocycles. The number of nitrogens with zero attached hydrogens (tertiary/aromatic N) is 5. The van der Waals surface area contributed by atoms with Crippen LogP contribution in [0, 0.1) is 6.92 Å². The number of carbonyl (C=O) groups excluding carboxylic acids is 1. The fraction of sp³-hybridized carbons (Fsp3) is 0.500. The highest BCUT2D eigenvalue weighted by atomic mass is 16.7. The van der Waals surface area contributed by atoms with Crippen molar-refractivity contribution >= 4 is 16.8 Å². The zero-order valence-corrected chi connectivity index (χ0v) is 17.6. The number of nitrogens with one attached hydrogen (secondary N) is 1. The van der Waals surface area contributed by atoms with Crippen LogP contribution in [0.25, 0.3) is 22.2 Å². The van der Waals surface area contributed by atoms with E-state index >= 15 is 0 Å². The Morgan fingerprint density at radius 2 is 2.14 bits per heavy atom. The topological polar surface area (TPSA) is 96.1 Å². The third-order valence-corrected chi connectivity index (χ3v) is 5.17. The van der Waals surface area contributed by atoms with Gasteiger partial charge in [0.25, 0.3) is 0 Å². The lowest BCUT2D eigenvalue weighted by molar-refractivity contribution is -0.125. The van der Waals surface area contributed by atoms with Gasteiger partial charge in [-0.05, 0) is 40.7 Å². The number of aryl methyl sites for hydroxylation is 2. The number of aromatic nitrogens is 5. The van der Waals surface area contributed by atoms with E-state index in [1.165, 1.54) is 0 Å². The number of fused-ring (bicyclic) bond motifs is 1. The summed E-state index contributed by atoms with van der Waals surface area (Å²) in [6.45, 7) is 10.1. The van der Waals surface area contributed by atoms with Gasteiger partial charge in [-0.15, -0.1) is 0 Å². The quantitative estimate of drug-likeness (QED) is 0.725. The number of hydroxylamine groups is 1. The Hall–Kier alpha value is -2.94. The Balaban J connectivity index is 1.75. The van der Waals surface area contributed by atoms with Crippen molar-refractivity contribution in [3.8, 4) is 17.1 Å². The molecule has 1 amide bonds. The number of rotatable bonds is 4. The van der Waals surface area contributed by atoms with E-state index in [9.17, 15) is 4.79 Å². The molecule has 3 aromatic rings. The average molecular weight is 398 g/mol. The Morgan fingerprint density at radius 3 is 2.76 bits per heavy atom. The van der Waals surface area contributed by atoms with Gasteiger partial charge in [0, 0.05) is 24.5 Å². The lowest BCUT2D eigenvalue weighted by Gasteiger charge is -2.19. The van der Waals surface area contributed by atoms with Crippen molar-refractivity contribution in [2.45, 2.75) is 58.8 Å². The predicted octanol–water partition coefficient (Wildman–Crippen LogP) is 2.48. The smallest absolute Gasteiger partial charge is 0.246 e. The number of carbonyl (C=O) groups is 1. The molecule has 1 fully saturated rings. The molecule has 1 aliphatic rings. The first-order chi connectivity index (χ1) is 13.6. The minimum atomic E-state index is -0.372.